The molecule has 1 saturated heterocycles. The average Bonchev–Trinajstić information content (AvgIpc) is 2.84. The third kappa shape index (κ3) is 4.58. The van der Waals surface area contributed by atoms with Crippen molar-refractivity contribution in [1.82, 2.24) is 4.90 Å². The highest BCUT2D eigenvalue weighted by Gasteiger charge is 2.31. The van der Waals surface area contributed by atoms with Gasteiger partial charge in [0.25, 0.3) is 0 Å². The molecule has 5 nitrogen and oxygen atoms in total. The van der Waals surface area contributed by atoms with Gasteiger partial charge in [-0.3, -0.25) is 4.79 Å². The molecule has 0 saturated carbocycles. The first-order valence-corrected chi connectivity index (χ1v) is 11.1. The summed E-state index contributed by atoms with van der Waals surface area (Å²) in [5.74, 6) is -1.57. The number of carbonyl (C=O) groups excluding carboxylic acids is 2. The van der Waals surface area contributed by atoms with E-state index in [0.29, 0.717) is 12.8 Å². The summed E-state index contributed by atoms with van der Waals surface area (Å²) in [5.41, 5.74) is 2.18. The van der Waals surface area contributed by atoms with Crippen LogP contribution < -0.4 is 5.12 Å². The molecule has 0 aromatic heterocycles. The van der Waals surface area contributed by atoms with Crippen molar-refractivity contribution in [2.45, 2.75) is 32.1 Å². The van der Waals surface area contributed by atoms with Crippen LogP contribution in [0.3, 0.4) is 0 Å². The average molecular weight is 470 g/mol. The van der Waals surface area contributed by atoms with Crippen LogP contribution in [0.15, 0.2) is 48.5 Å². The number of halogens is 3. The summed E-state index contributed by atoms with van der Waals surface area (Å²) in [6.45, 7) is 2.42. The van der Waals surface area contributed by atoms with Gasteiger partial charge < -0.3 is 9.64 Å². The number of rotatable bonds is 4. The second-order valence-electron chi connectivity index (χ2n) is 8.47. The van der Waals surface area contributed by atoms with Gasteiger partial charge in [-0.1, -0.05) is 28.7 Å². The summed E-state index contributed by atoms with van der Waals surface area (Å²) in [6.07, 6.45) is 1.13. The molecular weight excluding hydrogens is 445 g/mol. The molecule has 0 unspecified atom stereocenters. The number of fused-ring (bicyclic) bond motifs is 1. The van der Waals surface area contributed by atoms with Crippen LogP contribution in [0.5, 0.6) is 0 Å². The number of hydrogen-bond donors (Lipinski definition) is 0. The molecule has 0 bridgehead atoms. The van der Waals surface area contributed by atoms with Gasteiger partial charge in [0.1, 0.15) is 17.3 Å². The number of para-hydroxylation sites is 1. The molecule has 4 rings (SSSR count). The maximum atomic E-state index is 14.6. The molecule has 3 aromatic carbocycles. The maximum Gasteiger partial charge on any atom is 0.353 e. The predicted octanol–water partition coefficient (Wildman–Crippen LogP) is 5.83. The number of methoxy groups -OCH3 is 1. The van der Waals surface area contributed by atoms with Crippen molar-refractivity contribution in [2.75, 3.05) is 25.3 Å². The summed E-state index contributed by atoms with van der Waals surface area (Å²) in [6, 6.07) is 10.7. The van der Waals surface area contributed by atoms with E-state index in [2.05, 4.69) is 0 Å². The van der Waals surface area contributed by atoms with Crippen LogP contribution in [0.2, 0.25) is 0 Å². The minimum absolute atomic E-state index is 0.0209. The third-order valence-electron chi connectivity index (χ3n) is 6.49. The Balaban J connectivity index is 1.59. The molecular formula is C26H25F3N2O3. The number of anilines is 1. The van der Waals surface area contributed by atoms with E-state index >= 15 is 0 Å². The largest absolute Gasteiger partial charge is 0.469 e. The van der Waals surface area contributed by atoms with Gasteiger partial charge in [-0.25, -0.2) is 13.6 Å². The van der Waals surface area contributed by atoms with Gasteiger partial charge in [-0.15, -0.1) is 5.12 Å². The van der Waals surface area contributed by atoms with Crippen molar-refractivity contribution < 1.29 is 27.6 Å². The fraction of sp³-hybridized carbons (Fsp3) is 0.308. The number of likely N-dealkylation sites (tertiary alicyclic amines) is 1. The summed E-state index contributed by atoms with van der Waals surface area (Å²) < 4.78 is 47.5. The SMILES string of the molecule is COC(=O)Cc1cc2ccc(F)cc2c(C2CCN(C(=O)N(F)c3ccccc3F)CC2)c1C. The molecule has 1 aliphatic rings. The van der Waals surface area contributed by atoms with E-state index in [-0.39, 0.29) is 42.3 Å². The topological polar surface area (TPSA) is 49.9 Å². The van der Waals surface area contributed by atoms with Crippen LogP contribution in [0.1, 0.15) is 35.4 Å². The molecule has 0 atom stereocenters. The number of ether oxygens (including phenoxy) is 1. The van der Waals surface area contributed by atoms with E-state index in [9.17, 15) is 22.9 Å². The van der Waals surface area contributed by atoms with Crippen molar-refractivity contribution in [2.24, 2.45) is 0 Å². The van der Waals surface area contributed by atoms with Gasteiger partial charge in [0.05, 0.1) is 13.5 Å². The Morgan fingerprint density at radius 1 is 1.09 bits per heavy atom. The zero-order valence-electron chi connectivity index (χ0n) is 19.0. The van der Waals surface area contributed by atoms with E-state index in [1.807, 2.05) is 13.0 Å². The molecule has 1 aliphatic heterocycles. The highest BCUT2D eigenvalue weighted by atomic mass is 19.2. The quantitative estimate of drug-likeness (QED) is 0.356. The fourth-order valence-corrected chi connectivity index (χ4v) is 4.69. The Hall–Kier alpha value is -3.55. The minimum atomic E-state index is -0.921. The van der Waals surface area contributed by atoms with Crippen molar-refractivity contribution in [3.8, 4) is 0 Å². The smallest absolute Gasteiger partial charge is 0.353 e. The van der Waals surface area contributed by atoms with Crippen LogP contribution in [0.25, 0.3) is 10.8 Å². The molecule has 1 heterocycles. The monoisotopic (exact) mass is 470 g/mol. The molecule has 34 heavy (non-hydrogen) atoms. The van der Waals surface area contributed by atoms with Crippen LogP contribution >= 0.6 is 0 Å². The highest BCUT2D eigenvalue weighted by Crippen LogP contribution is 2.38. The molecule has 178 valence electrons. The standard InChI is InChI=1S/C26H25F3N2O3/c1-16-19(14-24(32)34-2)13-18-7-8-20(27)15-21(18)25(16)17-9-11-30(12-10-17)26(33)31(29)23-6-4-3-5-22(23)28/h3-8,13,15,17H,9-12,14H2,1-2H3. The van der Waals surface area contributed by atoms with Crippen molar-refractivity contribution in [3.05, 3.63) is 76.9 Å². The van der Waals surface area contributed by atoms with E-state index in [0.717, 1.165) is 33.5 Å². The van der Waals surface area contributed by atoms with Gasteiger partial charge >= 0.3 is 12.0 Å². The van der Waals surface area contributed by atoms with E-state index in [4.69, 9.17) is 4.74 Å². The zero-order valence-corrected chi connectivity index (χ0v) is 19.0. The summed E-state index contributed by atoms with van der Waals surface area (Å²) in [5, 5.41) is 1.41. The lowest BCUT2D eigenvalue weighted by atomic mass is 9.81. The Bertz CT molecular complexity index is 1240. The van der Waals surface area contributed by atoms with Crippen molar-refractivity contribution in [1.29, 1.82) is 0 Å². The fourth-order valence-electron chi connectivity index (χ4n) is 4.69. The van der Waals surface area contributed by atoms with E-state index < -0.39 is 17.5 Å². The number of amides is 2. The normalized spacial score (nSPS) is 14.3. The molecule has 3 aromatic rings. The second-order valence-corrected chi connectivity index (χ2v) is 8.47. The number of urea groups is 1. The summed E-state index contributed by atoms with van der Waals surface area (Å²) >= 11 is 0. The van der Waals surface area contributed by atoms with Crippen molar-refractivity contribution in [3.63, 3.8) is 0 Å². The zero-order chi connectivity index (χ0) is 24.4. The van der Waals surface area contributed by atoms with Crippen molar-refractivity contribution >= 4 is 28.5 Å². The lowest BCUT2D eigenvalue weighted by Gasteiger charge is -2.34. The third-order valence-corrected chi connectivity index (χ3v) is 6.49. The number of benzene rings is 3. The lowest BCUT2D eigenvalue weighted by molar-refractivity contribution is -0.139. The molecule has 2 amide bonds. The Morgan fingerprint density at radius 3 is 2.47 bits per heavy atom. The number of carbonyl (C=O) groups is 2. The maximum absolute atomic E-state index is 14.6. The van der Waals surface area contributed by atoms with Crippen LogP contribution in [-0.4, -0.2) is 37.1 Å². The Kier molecular flexibility index (Phi) is 6.77. The van der Waals surface area contributed by atoms with Gasteiger partial charge in [-0.2, -0.15) is 0 Å². The summed E-state index contributed by atoms with van der Waals surface area (Å²) in [4.78, 5) is 25.9. The van der Waals surface area contributed by atoms with E-state index in [1.54, 1.807) is 6.07 Å². The van der Waals surface area contributed by atoms with Gasteiger partial charge in [0.15, 0.2) is 0 Å². The Labute approximate surface area is 195 Å². The highest BCUT2D eigenvalue weighted by molar-refractivity contribution is 5.91. The van der Waals surface area contributed by atoms with Gasteiger partial charge in [-0.05, 0) is 77.4 Å². The molecule has 0 spiro atoms. The minimum Gasteiger partial charge on any atom is -0.469 e. The van der Waals surface area contributed by atoms with E-state index in [1.165, 1.54) is 42.3 Å². The van der Waals surface area contributed by atoms with Gasteiger partial charge in [0.2, 0.25) is 0 Å². The molecule has 0 N–H and O–H groups in total. The molecule has 1 fully saturated rings. The Morgan fingerprint density at radius 2 is 1.79 bits per heavy atom. The van der Waals surface area contributed by atoms with Crippen LogP contribution in [-0.2, 0) is 16.0 Å². The number of esters is 1. The molecule has 0 aliphatic carbocycles. The van der Waals surface area contributed by atoms with Gasteiger partial charge in [0, 0.05) is 13.1 Å². The molecule has 8 heteroatoms. The number of piperidine rings is 1. The second kappa shape index (κ2) is 9.75. The first kappa shape index (κ1) is 23.6. The first-order valence-electron chi connectivity index (χ1n) is 11.1. The molecule has 0 radical (unpaired) electrons. The van der Waals surface area contributed by atoms with Crippen LogP contribution in [0.4, 0.5) is 23.7 Å². The number of hydrogen-bond acceptors (Lipinski definition) is 3. The lowest BCUT2D eigenvalue weighted by Crippen LogP contribution is -2.44. The number of nitrogens with zero attached hydrogens (tertiary/aromatic N) is 2. The first-order chi connectivity index (χ1) is 16.3. The van der Waals surface area contributed by atoms with Crippen LogP contribution in [0, 0.1) is 18.6 Å². The summed E-state index contributed by atoms with van der Waals surface area (Å²) in [7, 11) is 1.33. The predicted molar refractivity (Wildman–Crippen MR) is 123 cm³/mol.